The smallest absolute Gasteiger partial charge is 0.423 e. The molecule has 0 spiro atoms. The second-order valence-electron chi connectivity index (χ2n) is 8.05. The van der Waals surface area contributed by atoms with Crippen LogP contribution in [0.25, 0.3) is 0 Å². The molecule has 0 saturated carbocycles. The minimum Gasteiger partial charge on any atom is -0.423 e. The van der Waals surface area contributed by atoms with Gasteiger partial charge in [0.1, 0.15) is 11.8 Å². The Balaban J connectivity index is 1.53. The van der Waals surface area contributed by atoms with Gasteiger partial charge in [0.25, 0.3) is 17.5 Å². The quantitative estimate of drug-likeness (QED) is 0.157. The highest BCUT2D eigenvalue weighted by Crippen LogP contribution is 2.25. The van der Waals surface area contributed by atoms with E-state index in [0.717, 1.165) is 28.7 Å². The van der Waals surface area contributed by atoms with E-state index in [-0.39, 0.29) is 30.6 Å². The van der Waals surface area contributed by atoms with Crippen LogP contribution in [-0.2, 0) is 16.1 Å². The summed E-state index contributed by atoms with van der Waals surface area (Å²) in [5.41, 5.74) is 0.436. The maximum atomic E-state index is 13.1. The summed E-state index contributed by atoms with van der Waals surface area (Å²) < 4.78 is 5.11. The third-order valence-corrected chi connectivity index (χ3v) is 5.91. The monoisotopic (exact) mass is 467 g/mol. The Labute approximate surface area is 193 Å². The summed E-state index contributed by atoms with van der Waals surface area (Å²) in [4.78, 5) is 49.2. The van der Waals surface area contributed by atoms with Crippen molar-refractivity contribution in [1.29, 1.82) is 0 Å². The van der Waals surface area contributed by atoms with Crippen molar-refractivity contribution in [2.24, 2.45) is 0 Å². The summed E-state index contributed by atoms with van der Waals surface area (Å²) in [5, 5.41) is 42.7. The van der Waals surface area contributed by atoms with Crippen LogP contribution in [0.1, 0.15) is 32.7 Å². The van der Waals surface area contributed by atoms with Gasteiger partial charge in [-0.1, -0.05) is 12.1 Å². The molecule has 0 aromatic heterocycles. The molecule has 1 fully saturated rings. The largest absolute Gasteiger partial charge is 0.491 e. The highest BCUT2D eigenvalue weighted by Gasteiger charge is 2.39. The lowest BCUT2D eigenvalue weighted by atomic mass is 9.79. The van der Waals surface area contributed by atoms with E-state index in [1.807, 2.05) is 0 Å². The summed E-state index contributed by atoms with van der Waals surface area (Å²) in [6, 6.07) is 6.27. The maximum absolute atomic E-state index is 13.1. The fourth-order valence-corrected chi connectivity index (χ4v) is 4.16. The summed E-state index contributed by atoms with van der Waals surface area (Å²) in [7, 11) is -3.07. The number of fused-ring (bicyclic) bond motifs is 1. The van der Waals surface area contributed by atoms with E-state index in [1.54, 1.807) is 12.1 Å². The Kier molecular flexibility index (Phi) is 6.48. The molecule has 0 bridgehead atoms. The van der Waals surface area contributed by atoms with Crippen LogP contribution in [0, 0.1) is 10.1 Å². The van der Waals surface area contributed by atoms with E-state index in [0.29, 0.717) is 11.7 Å². The van der Waals surface area contributed by atoms with E-state index in [9.17, 15) is 39.6 Å². The van der Waals surface area contributed by atoms with Crippen LogP contribution in [0.3, 0.4) is 0 Å². The number of aldehydes is 1. The van der Waals surface area contributed by atoms with Crippen molar-refractivity contribution in [3.63, 3.8) is 0 Å². The number of hydrogen-bond donors (Lipinski definition) is 4. The molecule has 0 aliphatic carbocycles. The Bertz CT molecular complexity index is 1180. The highest BCUT2D eigenvalue weighted by molar-refractivity contribution is 6.61. The molecular formula is C20H19B2N3O9. The Morgan fingerprint density at radius 3 is 2.71 bits per heavy atom. The molecule has 2 aliphatic rings. The van der Waals surface area contributed by atoms with Gasteiger partial charge in [-0.2, -0.15) is 0 Å². The third kappa shape index (κ3) is 4.43. The number of nitrogens with zero attached hydrogens (tertiary/aromatic N) is 2. The summed E-state index contributed by atoms with van der Waals surface area (Å²) in [6.07, 6.45) is 0.609. The van der Waals surface area contributed by atoms with E-state index >= 15 is 0 Å². The van der Waals surface area contributed by atoms with Gasteiger partial charge in [-0.3, -0.25) is 19.7 Å². The average Bonchev–Trinajstić information content (AvgIpc) is 3.40. The second kappa shape index (κ2) is 9.35. The number of carbonyl (C=O) groups excluding carboxylic acids is 3. The molecular weight excluding hydrogens is 448 g/mol. The van der Waals surface area contributed by atoms with Crippen LogP contribution in [0.2, 0.25) is 0 Å². The molecule has 1 saturated heterocycles. The third-order valence-electron chi connectivity index (χ3n) is 5.91. The number of rotatable bonds is 6. The van der Waals surface area contributed by atoms with Crippen molar-refractivity contribution in [3.05, 3.63) is 63.2 Å². The van der Waals surface area contributed by atoms with E-state index in [2.05, 4.69) is 5.32 Å². The predicted octanol–water partition coefficient (Wildman–Crippen LogP) is -2.30. The van der Waals surface area contributed by atoms with E-state index in [1.165, 1.54) is 6.07 Å². The lowest BCUT2D eigenvalue weighted by Crippen LogP contribution is -2.41. The fourth-order valence-electron chi connectivity index (χ4n) is 4.16. The Morgan fingerprint density at radius 2 is 2.03 bits per heavy atom. The van der Waals surface area contributed by atoms with Crippen molar-refractivity contribution < 1.29 is 39.0 Å². The molecule has 2 heterocycles. The number of nitro groups is 1. The lowest BCUT2D eigenvalue weighted by Gasteiger charge is -2.21. The van der Waals surface area contributed by atoms with Crippen LogP contribution in [0.4, 0.5) is 5.69 Å². The first kappa shape index (κ1) is 23.6. The SMILES string of the molecule is O=CC1CC(NC(=O)c2ccc3c(c2)B(O)OC3)CN1C(=O)c1cc(B(O)O)ccc1[N+](=O)[O-]. The molecule has 0 radical (unpaired) electrons. The van der Waals surface area contributed by atoms with Gasteiger partial charge in [0.15, 0.2) is 0 Å². The van der Waals surface area contributed by atoms with Crippen molar-refractivity contribution in [1.82, 2.24) is 10.2 Å². The summed E-state index contributed by atoms with van der Waals surface area (Å²) >= 11 is 0. The molecule has 12 nitrogen and oxygen atoms in total. The Hall–Kier alpha value is -3.58. The van der Waals surface area contributed by atoms with Crippen LogP contribution in [-0.4, -0.2) is 75.9 Å². The number of carbonyl (C=O) groups is 3. The van der Waals surface area contributed by atoms with Crippen molar-refractivity contribution in [2.45, 2.75) is 25.1 Å². The summed E-state index contributed by atoms with van der Waals surface area (Å²) in [5.74, 6) is -1.33. The minimum atomic E-state index is -1.95. The predicted molar refractivity (Wildman–Crippen MR) is 119 cm³/mol. The molecule has 34 heavy (non-hydrogen) atoms. The van der Waals surface area contributed by atoms with Gasteiger partial charge >= 0.3 is 14.2 Å². The topological polar surface area (TPSA) is 180 Å². The number of likely N-dealkylation sites (tertiary alicyclic amines) is 1. The van der Waals surface area contributed by atoms with Gasteiger partial charge in [0.2, 0.25) is 0 Å². The normalized spacial score (nSPS) is 19.0. The zero-order valence-corrected chi connectivity index (χ0v) is 17.7. The van der Waals surface area contributed by atoms with Crippen molar-refractivity contribution >= 4 is 49.0 Å². The molecule has 174 valence electrons. The van der Waals surface area contributed by atoms with Gasteiger partial charge < -0.3 is 34.7 Å². The highest BCUT2D eigenvalue weighted by atomic mass is 16.6. The first-order valence-corrected chi connectivity index (χ1v) is 10.3. The van der Waals surface area contributed by atoms with Crippen LogP contribution in [0.15, 0.2) is 36.4 Å². The molecule has 14 heteroatoms. The first-order chi connectivity index (χ1) is 16.2. The van der Waals surface area contributed by atoms with Gasteiger partial charge in [0, 0.05) is 24.2 Å². The maximum Gasteiger partial charge on any atom is 0.491 e. The molecule has 2 aromatic rings. The minimum absolute atomic E-state index is 0.0896. The second-order valence-corrected chi connectivity index (χ2v) is 8.05. The van der Waals surface area contributed by atoms with E-state index in [4.69, 9.17) is 4.65 Å². The number of amides is 2. The van der Waals surface area contributed by atoms with Crippen LogP contribution in [0.5, 0.6) is 0 Å². The molecule has 4 rings (SSSR count). The number of nitrogens with one attached hydrogen (secondary N) is 1. The number of nitro benzene ring substituents is 1. The van der Waals surface area contributed by atoms with E-state index < -0.39 is 54.3 Å². The van der Waals surface area contributed by atoms with Gasteiger partial charge in [0.05, 0.1) is 17.6 Å². The molecule has 2 atom stereocenters. The summed E-state index contributed by atoms with van der Waals surface area (Å²) in [6.45, 7) is 0.146. The number of benzene rings is 2. The Morgan fingerprint density at radius 1 is 1.26 bits per heavy atom. The molecule has 4 N–H and O–H groups in total. The molecule has 2 unspecified atom stereocenters. The van der Waals surface area contributed by atoms with Crippen LogP contribution >= 0.6 is 0 Å². The zero-order valence-electron chi connectivity index (χ0n) is 17.7. The number of hydrogen-bond acceptors (Lipinski definition) is 9. The van der Waals surface area contributed by atoms with Crippen LogP contribution < -0.4 is 16.2 Å². The molecule has 2 amide bonds. The van der Waals surface area contributed by atoms with Gasteiger partial charge in [-0.25, -0.2) is 0 Å². The zero-order chi connectivity index (χ0) is 24.6. The first-order valence-electron chi connectivity index (χ1n) is 10.3. The molecule has 2 aromatic carbocycles. The lowest BCUT2D eigenvalue weighted by molar-refractivity contribution is -0.385. The fraction of sp³-hybridized carbons (Fsp3) is 0.250. The average molecular weight is 467 g/mol. The molecule has 2 aliphatic heterocycles. The standard InChI is InChI=1S/C20H19B2N3O9/c26-9-15-7-14(23-19(27)11-1-2-12-10-34-22(31)17(12)5-11)8-24(15)20(28)16-6-13(21(29)30)3-4-18(16)25(32)33/h1-6,9,14-15,29-31H,7-8,10H2,(H,23,27). The van der Waals surface area contributed by atoms with Gasteiger partial charge in [-0.05, 0) is 41.1 Å². The van der Waals surface area contributed by atoms with Crippen molar-refractivity contribution in [3.8, 4) is 0 Å². The van der Waals surface area contributed by atoms with Gasteiger partial charge in [-0.15, -0.1) is 0 Å². The van der Waals surface area contributed by atoms with Crippen molar-refractivity contribution in [2.75, 3.05) is 6.54 Å².